The Morgan fingerprint density at radius 2 is 1.88 bits per heavy atom. The molecule has 24 heavy (non-hydrogen) atoms. The molecule has 6 heteroatoms. The predicted molar refractivity (Wildman–Crippen MR) is 93.4 cm³/mol. The number of carbonyl (C=O) groups excluding carboxylic acids is 1. The van der Waals surface area contributed by atoms with E-state index in [1.165, 1.54) is 5.69 Å². The predicted octanol–water partition coefficient (Wildman–Crippen LogP) is 1.94. The van der Waals surface area contributed by atoms with Crippen LogP contribution in [0.4, 0.5) is 5.69 Å². The summed E-state index contributed by atoms with van der Waals surface area (Å²) < 4.78 is 7.03. The molecule has 0 spiro atoms. The van der Waals surface area contributed by atoms with Gasteiger partial charge in [0.15, 0.2) is 0 Å². The van der Waals surface area contributed by atoms with Crippen LogP contribution < -0.4 is 9.64 Å². The number of nitrogens with zero attached hydrogens (tertiary/aromatic N) is 4. The smallest absolute Gasteiger partial charge is 0.224 e. The van der Waals surface area contributed by atoms with Crippen molar-refractivity contribution in [2.45, 2.75) is 19.9 Å². The van der Waals surface area contributed by atoms with Gasteiger partial charge in [0.1, 0.15) is 5.75 Å². The van der Waals surface area contributed by atoms with Crippen LogP contribution in [-0.4, -0.2) is 53.9 Å². The molecule has 1 aliphatic rings. The van der Waals surface area contributed by atoms with Crippen LogP contribution in [0.2, 0.25) is 0 Å². The molecule has 1 fully saturated rings. The molecule has 0 radical (unpaired) electrons. The van der Waals surface area contributed by atoms with Gasteiger partial charge in [0, 0.05) is 51.0 Å². The Kier molecular flexibility index (Phi) is 5.03. The van der Waals surface area contributed by atoms with Gasteiger partial charge in [-0.1, -0.05) is 0 Å². The standard InChI is InChI=1S/C18H24N4O2/c1-15-13-19-22(14-15)8-7-18(23)21-11-9-20(10-12-21)16-3-5-17(24-2)6-4-16/h3-6,13-14H,7-12H2,1-2H3. The van der Waals surface area contributed by atoms with Crippen molar-refractivity contribution < 1.29 is 9.53 Å². The van der Waals surface area contributed by atoms with Crippen molar-refractivity contribution in [1.29, 1.82) is 0 Å². The van der Waals surface area contributed by atoms with Gasteiger partial charge in [-0.25, -0.2) is 0 Å². The summed E-state index contributed by atoms with van der Waals surface area (Å²) in [7, 11) is 1.67. The van der Waals surface area contributed by atoms with E-state index in [4.69, 9.17) is 4.74 Å². The highest BCUT2D eigenvalue weighted by atomic mass is 16.5. The molecule has 1 amide bonds. The molecule has 3 rings (SSSR count). The Bertz CT molecular complexity index is 673. The number of aromatic nitrogens is 2. The third-order valence-electron chi connectivity index (χ3n) is 4.39. The van der Waals surface area contributed by atoms with Crippen molar-refractivity contribution in [1.82, 2.24) is 14.7 Å². The summed E-state index contributed by atoms with van der Waals surface area (Å²) in [6, 6.07) is 8.07. The van der Waals surface area contributed by atoms with Crippen LogP contribution in [0.1, 0.15) is 12.0 Å². The Balaban J connectivity index is 1.47. The van der Waals surface area contributed by atoms with Gasteiger partial charge >= 0.3 is 0 Å². The molecule has 1 saturated heterocycles. The molecule has 1 aromatic carbocycles. The van der Waals surface area contributed by atoms with E-state index in [2.05, 4.69) is 22.1 Å². The van der Waals surface area contributed by atoms with Crippen LogP contribution in [0.15, 0.2) is 36.7 Å². The van der Waals surface area contributed by atoms with E-state index in [1.807, 2.05) is 41.0 Å². The topological polar surface area (TPSA) is 50.6 Å². The lowest BCUT2D eigenvalue weighted by Crippen LogP contribution is -2.48. The molecule has 2 aromatic rings. The fourth-order valence-electron chi connectivity index (χ4n) is 2.96. The first-order valence-electron chi connectivity index (χ1n) is 8.31. The first kappa shape index (κ1) is 16.4. The van der Waals surface area contributed by atoms with Crippen molar-refractivity contribution in [2.75, 3.05) is 38.2 Å². The number of benzene rings is 1. The summed E-state index contributed by atoms with van der Waals surface area (Å²) in [5, 5.41) is 4.23. The molecule has 0 N–H and O–H groups in total. The number of hydrogen-bond donors (Lipinski definition) is 0. The van der Waals surface area contributed by atoms with Crippen molar-refractivity contribution in [3.8, 4) is 5.75 Å². The second kappa shape index (κ2) is 7.38. The van der Waals surface area contributed by atoms with Gasteiger partial charge in [-0.3, -0.25) is 9.48 Å². The van der Waals surface area contributed by atoms with Crippen molar-refractivity contribution in [3.05, 3.63) is 42.2 Å². The monoisotopic (exact) mass is 328 g/mol. The fourth-order valence-corrected chi connectivity index (χ4v) is 2.96. The van der Waals surface area contributed by atoms with E-state index in [1.54, 1.807) is 7.11 Å². The van der Waals surface area contributed by atoms with E-state index in [0.29, 0.717) is 13.0 Å². The number of carbonyl (C=O) groups is 1. The number of anilines is 1. The molecular weight excluding hydrogens is 304 g/mol. The lowest BCUT2D eigenvalue weighted by atomic mass is 10.2. The number of piperazine rings is 1. The summed E-state index contributed by atoms with van der Waals surface area (Å²) in [6.07, 6.45) is 4.29. The number of rotatable bonds is 5. The maximum absolute atomic E-state index is 12.4. The number of methoxy groups -OCH3 is 1. The van der Waals surface area contributed by atoms with E-state index in [-0.39, 0.29) is 5.91 Å². The summed E-state index contributed by atoms with van der Waals surface area (Å²) in [6.45, 7) is 5.90. The average Bonchev–Trinajstić information content (AvgIpc) is 3.05. The summed E-state index contributed by atoms with van der Waals surface area (Å²) in [5.41, 5.74) is 2.30. The highest BCUT2D eigenvalue weighted by Crippen LogP contribution is 2.20. The molecule has 2 heterocycles. The maximum Gasteiger partial charge on any atom is 0.224 e. The molecule has 128 valence electrons. The third-order valence-corrected chi connectivity index (χ3v) is 4.39. The SMILES string of the molecule is COc1ccc(N2CCN(C(=O)CCn3cc(C)cn3)CC2)cc1. The zero-order valence-electron chi connectivity index (χ0n) is 14.3. The third kappa shape index (κ3) is 3.88. The molecule has 0 unspecified atom stereocenters. The summed E-state index contributed by atoms with van der Waals surface area (Å²) in [5.74, 6) is 1.07. The Hall–Kier alpha value is -2.50. The lowest BCUT2D eigenvalue weighted by Gasteiger charge is -2.36. The minimum atomic E-state index is 0.206. The van der Waals surface area contributed by atoms with Crippen LogP contribution in [0.5, 0.6) is 5.75 Å². The largest absolute Gasteiger partial charge is 0.497 e. The van der Waals surface area contributed by atoms with Gasteiger partial charge in [0.2, 0.25) is 5.91 Å². The van der Waals surface area contributed by atoms with Gasteiger partial charge in [0.05, 0.1) is 13.3 Å². The Labute approximate surface area is 142 Å². The first-order chi connectivity index (χ1) is 11.7. The van der Waals surface area contributed by atoms with Crippen molar-refractivity contribution in [3.63, 3.8) is 0 Å². The number of amides is 1. The van der Waals surface area contributed by atoms with Gasteiger partial charge in [0.25, 0.3) is 0 Å². The zero-order chi connectivity index (χ0) is 16.9. The summed E-state index contributed by atoms with van der Waals surface area (Å²) >= 11 is 0. The van der Waals surface area contributed by atoms with E-state index in [9.17, 15) is 4.79 Å². The molecule has 1 aromatic heterocycles. The number of hydrogen-bond acceptors (Lipinski definition) is 4. The highest BCUT2D eigenvalue weighted by Gasteiger charge is 2.21. The van der Waals surface area contributed by atoms with Crippen LogP contribution in [0.3, 0.4) is 0 Å². The minimum absolute atomic E-state index is 0.206. The van der Waals surface area contributed by atoms with E-state index < -0.39 is 0 Å². The first-order valence-corrected chi connectivity index (χ1v) is 8.31. The van der Waals surface area contributed by atoms with Crippen LogP contribution in [0, 0.1) is 6.92 Å². The lowest BCUT2D eigenvalue weighted by molar-refractivity contribution is -0.131. The molecule has 0 atom stereocenters. The molecule has 0 aliphatic carbocycles. The number of ether oxygens (including phenoxy) is 1. The Morgan fingerprint density at radius 1 is 1.17 bits per heavy atom. The normalized spacial score (nSPS) is 14.8. The molecule has 1 aliphatic heterocycles. The molecule has 0 bridgehead atoms. The van der Waals surface area contributed by atoms with Gasteiger partial charge in [-0.15, -0.1) is 0 Å². The van der Waals surface area contributed by atoms with Gasteiger partial charge in [-0.2, -0.15) is 5.10 Å². The van der Waals surface area contributed by atoms with Crippen LogP contribution in [-0.2, 0) is 11.3 Å². The van der Waals surface area contributed by atoms with E-state index >= 15 is 0 Å². The van der Waals surface area contributed by atoms with Crippen molar-refractivity contribution in [2.24, 2.45) is 0 Å². The van der Waals surface area contributed by atoms with Crippen LogP contribution >= 0.6 is 0 Å². The number of aryl methyl sites for hydroxylation is 2. The van der Waals surface area contributed by atoms with Gasteiger partial charge in [-0.05, 0) is 36.8 Å². The maximum atomic E-state index is 12.4. The second-order valence-corrected chi connectivity index (χ2v) is 6.10. The second-order valence-electron chi connectivity index (χ2n) is 6.10. The minimum Gasteiger partial charge on any atom is -0.497 e. The van der Waals surface area contributed by atoms with Crippen LogP contribution in [0.25, 0.3) is 0 Å². The quantitative estimate of drug-likeness (QED) is 0.842. The molecule has 0 saturated carbocycles. The summed E-state index contributed by atoms with van der Waals surface area (Å²) in [4.78, 5) is 16.6. The molecule has 6 nitrogen and oxygen atoms in total. The highest BCUT2D eigenvalue weighted by molar-refractivity contribution is 5.76. The zero-order valence-corrected chi connectivity index (χ0v) is 14.3. The van der Waals surface area contributed by atoms with E-state index in [0.717, 1.165) is 37.5 Å². The average molecular weight is 328 g/mol. The fraction of sp³-hybridized carbons (Fsp3) is 0.444. The Morgan fingerprint density at radius 3 is 2.46 bits per heavy atom. The molecular formula is C18H24N4O2. The van der Waals surface area contributed by atoms with Crippen molar-refractivity contribution >= 4 is 11.6 Å². The van der Waals surface area contributed by atoms with Gasteiger partial charge < -0.3 is 14.5 Å².